The topological polar surface area (TPSA) is 29.1 Å². The summed E-state index contributed by atoms with van der Waals surface area (Å²) in [6.07, 6.45) is -5.28. The van der Waals surface area contributed by atoms with Gasteiger partial charge in [-0.3, -0.25) is 4.79 Å². The smallest absolute Gasteiger partial charge is 0.352 e. The number of rotatable bonds is 3. The summed E-state index contributed by atoms with van der Waals surface area (Å²) in [5, 5.41) is 2.23. The number of alkyl halides is 3. The summed E-state index contributed by atoms with van der Waals surface area (Å²) in [4.78, 5) is 11.6. The Bertz CT molecular complexity index is 418. The first-order valence-electron chi connectivity index (χ1n) is 4.91. The van der Waals surface area contributed by atoms with Crippen LogP contribution in [0.3, 0.4) is 0 Å². The van der Waals surface area contributed by atoms with Crippen LogP contribution in [0, 0.1) is 6.92 Å². The molecule has 0 saturated carbocycles. The van der Waals surface area contributed by atoms with Gasteiger partial charge in [0.15, 0.2) is 0 Å². The zero-order valence-electron chi connectivity index (χ0n) is 9.07. The Morgan fingerprint density at radius 3 is 2.59 bits per heavy atom. The molecule has 0 bridgehead atoms. The minimum absolute atomic E-state index is 0.331. The summed E-state index contributed by atoms with van der Waals surface area (Å²) in [5.41, 5.74) is 1.29. The lowest BCUT2D eigenvalue weighted by Crippen LogP contribution is -2.28. The molecule has 0 aromatic heterocycles. The Balaban J connectivity index is 2.59. The highest BCUT2D eigenvalue weighted by molar-refractivity contribution is 9.10. The molecule has 0 atom stereocenters. The lowest BCUT2D eigenvalue weighted by molar-refractivity contribution is -0.132. The van der Waals surface area contributed by atoms with Gasteiger partial charge in [-0.1, -0.05) is 6.07 Å². The second kappa shape index (κ2) is 5.53. The Hall–Kier alpha value is -1.04. The minimum atomic E-state index is -4.25. The summed E-state index contributed by atoms with van der Waals surface area (Å²) in [7, 11) is 0. The van der Waals surface area contributed by atoms with Crippen LogP contribution >= 0.6 is 15.9 Å². The van der Waals surface area contributed by atoms with Crippen LogP contribution in [0.4, 0.5) is 13.2 Å². The first-order valence-corrected chi connectivity index (χ1v) is 5.70. The van der Waals surface area contributed by atoms with Crippen molar-refractivity contribution in [3.8, 4) is 0 Å². The van der Waals surface area contributed by atoms with Gasteiger partial charge in [0.1, 0.15) is 0 Å². The fourth-order valence-corrected chi connectivity index (χ4v) is 1.89. The lowest BCUT2D eigenvalue weighted by atomic mass is 10.1. The van der Waals surface area contributed by atoms with Crippen molar-refractivity contribution in [1.29, 1.82) is 0 Å². The second-order valence-corrected chi connectivity index (χ2v) is 4.46. The summed E-state index contributed by atoms with van der Waals surface area (Å²) in [6.45, 7) is 1.44. The maximum Gasteiger partial charge on any atom is 0.390 e. The first kappa shape index (κ1) is 14.0. The van der Waals surface area contributed by atoms with E-state index in [2.05, 4.69) is 21.2 Å². The summed E-state index contributed by atoms with van der Waals surface area (Å²) < 4.78 is 36.2. The molecule has 0 heterocycles. The zero-order valence-corrected chi connectivity index (χ0v) is 10.7. The van der Waals surface area contributed by atoms with E-state index < -0.39 is 25.0 Å². The maximum atomic E-state index is 11.9. The molecule has 1 aromatic carbocycles. The molecule has 0 aliphatic carbocycles. The molecule has 94 valence electrons. The van der Waals surface area contributed by atoms with Gasteiger partial charge in [0.05, 0.1) is 12.0 Å². The Labute approximate surface area is 105 Å². The molecule has 2 nitrogen and oxygen atoms in total. The van der Waals surface area contributed by atoms with E-state index in [9.17, 15) is 18.0 Å². The van der Waals surface area contributed by atoms with Crippen LogP contribution in [0.15, 0.2) is 22.7 Å². The minimum Gasteiger partial charge on any atom is -0.352 e. The highest BCUT2D eigenvalue weighted by atomic mass is 79.9. The van der Waals surface area contributed by atoms with Gasteiger partial charge in [0, 0.05) is 11.0 Å². The van der Waals surface area contributed by atoms with Crippen molar-refractivity contribution in [2.75, 3.05) is 6.54 Å². The molecule has 1 rings (SSSR count). The highest BCUT2D eigenvalue weighted by Crippen LogP contribution is 2.20. The number of hydrogen-bond acceptors (Lipinski definition) is 1. The summed E-state index contributed by atoms with van der Waals surface area (Å²) in [5.74, 6) is -0.513. The monoisotopic (exact) mass is 309 g/mol. The molecule has 0 fully saturated rings. The number of benzene rings is 1. The third-order valence-corrected chi connectivity index (χ3v) is 2.72. The Morgan fingerprint density at radius 2 is 2.06 bits per heavy atom. The van der Waals surface area contributed by atoms with Crippen molar-refractivity contribution < 1.29 is 18.0 Å². The Kier molecular flexibility index (Phi) is 4.56. The number of amides is 1. The van der Waals surface area contributed by atoms with Crippen molar-refractivity contribution in [2.45, 2.75) is 19.5 Å². The molecule has 0 unspecified atom stereocenters. The van der Waals surface area contributed by atoms with Crippen LogP contribution in [0.5, 0.6) is 0 Å². The molecule has 0 spiro atoms. The van der Waals surface area contributed by atoms with Gasteiger partial charge in [-0.25, -0.2) is 0 Å². The van der Waals surface area contributed by atoms with Crippen LogP contribution in [0.2, 0.25) is 0 Å². The predicted octanol–water partition coefficient (Wildman–Crippen LogP) is 3.44. The largest absolute Gasteiger partial charge is 0.390 e. The van der Waals surface area contributed by atoms with Gasteiger partial charge in [0.2, 0.25) is 0 Å². The van der Waals surface area contributed by atoms with E-state index in [-0.39, 0.29) is 0 Å². The molecule has 1 amide bonds. The van der Waals surface area contributed by atoms with Crippen molar-refractivity contribution >= 4 is 21.8 Å². The van der Waals surface area contributed by atoms with Gasteiger partial charge >= 0.3 is 6.18 Å². The number of hydrogen-bond donors (Lipinski definition) is 1. The van der Waals surface area contributed by atoms with Crippen LogP contribution < -0.4 is 5.32 Å². The number of nitrogens with one attached hydrogen (secondary N) is 1. The standard InChI is InChI=1S/C11H11BrF3NO/c1-7-2-3-8(9(12)6-7)10(17)16-5-4-11(13,14)15/h2-3,6H,4-5H2,1H3,(H,16,17). The van der Waals surface area contributed by atoms with Crippen LogP contribution in [-0.4, -0.2) is 18.6 Å². The fraction of sp³-hybridized carbons (Fsp3) is 0.364. The normalized spacial score (nSPS) is 11.4. The van der Waals surface area contributed by atoms with E-state index in [1.165, 1.54) is 0 Å². The van der Waals surface area contributed by atoms with Gasteiger partial charge in [-0.2, -0.15) is 13.2 Å². The van der Waals surface area contributed by atoms with Crippen molar-refractivity contribution in [1.82, 2.24) is 5.32 Å². The molecular formula is C11H11BrF3NO. The highest BCUT2D eigenvalue weighted by Gasteiger charge is 2.26. The quantitative estimate of drug-likeness (QED) is 0.910. The molecule has 1 aromatic rings. The van der Waals surface area contributed by atoms with Gasteiger partial charge < -0.3 is 5.32 Å². The summed E-state index contributed by atoms with van der Waals surface area (Å²) in [6, 6.07) is 5.03. The van der Waals surface area contributed by atoms with E-state index in [4.69, 9.17) is 0 Å². The van der Waals surface area contributed by atoms with Gasteiger partial charge in [-0.05, 0) is 40.5 Å². The lowest BCUT2D eigenvalue weighted by Gasteiger charge is -2.09. The number of aryl methyl sites for hydroxylation is 1. The third kappa shape index (κ3) is 4.77. The van der Waals surface area contributed by atoms with E-state index >= 15 is 0 Å². The SMILES string of the molecule is Cc1ccc(C(=O)NCCC(F)(F)F)c(Br)c1. The summed E-state index contributed by atoms with van der Waals surface area (Å²) >= 11 is 3.20. The molecular weight excluding hydrogens is 299 g/mol. The van der Waals surface area contributed by atoms with E-state index in [0.717, 1.165) is 5.56 Å². The number of halogens is 4. The molecule has 17 heavy (non-hydrogen) atoms. The molecule has 0 radical (unpaired) electrons. The second-order valence-electron chi connectivity index (χ2n) is 3.60. The van der Waals surface area contributed by atoms with Crippen LogP contribution in [0.25, 0.3) is 0 Å². The van der Waals surface area contributed by atoms with Gasteiger partial charge in [0.25, 0.3) is 5.91 Å². The van der Waals surface area contributed by atoms with Crippen molar-refractivity contribution in [2.24, 2.45) is 0 Å². The van der Waals surface area contributed by atoms with Crippen molar-refractivity contribution in [3.05, 3.63) is 33.8 Å². The van der Waals surface area contributed by atoms with Crippen LogP contribution in [-0.2, 0) is 0 Å². The molecule has 6 heteroatoms. The average Bonchev–Trinajstić information content (AvgIpc) is 2.15. The third-order valence-electron chi connectivity index (χ3n) is 2.06. The van der Waals surface area contributed by atoms with E-state index in [1.807, 2.05) is 6.92 Å². The fourth-order valence-electron chi connectivity index (χ4n) is 1.22. The maximum absolute atomic E-state index is 11.9. The molecule has 1 N–H and O–H groups in total. The van der Waals surface area contributed by atoms with Crippen molar-refractivity contribution in [3.63, 3.8) is 0 Å². The number of carbonyl (C=O) groups is 1. The average molecular weight is 310 g/mol. The molecule has 0 saturated heterocycles. The number of carbonyl (C=O) groups excluding carboxylic acids is 1. The van der Waals surface area contributed by atoms with E-state index in [0.29, 0.717) is 10.0 Å². The van der Waals surface area contributed by atoms with Crippen LogP contribution in [0.1, 0.15) is 22.3 Å². The van der Waals surface area contributed by atoms with E-state index in [1.54, 1.807) is 18.2 Å². The zero-order chi connectivity index (χ0) is 13.1. The molecule has 0 aliphatic heterocycles. The predicted molar refractivity (Wildman–Crippen MR) is 61.9 cm³/mol. The Morgan fingerprint density at radius 1 is 1.41 bits per heavy atom. The molecule has 0 aliphatic rings. The first-order chi connectivity index (χ1) is 7.79. The van der Waals surface area contributed by atoms with Gasteiger partial charge in [-0.15, -0.1) is 0 Å².